The molecule has 0 saturated carbocycles. The van der Waals surface area contributed by atoms with Crippen molar-refractivity contribution in [2.45, 2.75) is 20.3 Å². The fraction of sp³-hybridized carbons (Fsp3) is 0.0811. The van der Waals surface area contributed by atoms with Gasteiger partial charge in [-0.2, -0.15) is 0 Å². The van der Waals surface area contributed by atoms with E-state index in [0.717, 1.165) is 28.9 Å². The third-order valence-corrected chi connectivity index (χ3v) is 6.45. The molecule has 0 bridgehead atoms. The van der Waals surface area contributed by atoms with Gasteiger partial charge in [-0.1, -0.05) is 85.8 Å². The molecule has 0 aliphatic heterocycles. The monoisotopic (exact) mass is 695 g/mol. The molecule has 2 heterocycles. The normalized spacial score (nSPS) is 10.2. The molecule has 3 heteroatoms. The maximum absolute atomic E-state index is 4.70. The van der Waals surface area contributed by atoms with Gasteiger partial charge in [0.2, 0.25) is 0 Å². The van der Waals surface area contributed by atoms with E-state index >= 15 is 0 Å². The van der Waals surface area contributed by atoms with Crippen molar-refractivity contribution in [2.24, 2.45) is 0 Å². The Morgan fingerprint density at radius 1 is 0.600 bits per heavy atom. The Hall–Kier alpha value is -4.17. The predicted molar refractivity (Wildman–Crippen MR) is 161 cm³/mol. The van der Waals surface area contributed by atoms with Gasteiger partial charge in [0.05, 0.1) is 0 Å². The van der Waals surface area contributed by atoms with Gasteiger partial charge in [0.1, 0.15) is 0 Å². The molecule has 4 aromatic carbocycles. The fourth-order valence-corrected chi connectivity index (χ4v) is 4.33. The zero-order valence-corrected chi connectivity index (χ0v) is 25.0. The van der Waals surface area contributed by atoms with Gasteiger partial charge in [0, 0.05) is 38.1 Å². The zero-order valence-electron chi connectivity index (χ0n) is 22.6. The van der Waals surface area contributed by atoms with Crippen LogP contribution < -0.4 is 0 Å². The van der Waals surface area contributed by atoms with Crippen molar-refractivity contribution in [1.82, 2.24) is 9.97 Å². The van der Waals surface area contributed by atoms with Crippen molar-refractivity contribution in [1.29, 1.82) is 0 Å². The minimum absolute atomic E-state index is 0. The van der Waals surface area contributed by atoms with E-state index in [-0.39, 0.29) is 20.1 Å². The summed E-state index contributed by atoms with van der Waals surface area (Å²) in [7, 11) is 0. The number of aromatic nitrogens is 2. The van der Waals surface area contributed by atoms with E-state index in [1.165, 1.54) is 33.4 Å². The van der Waals surface area contributed by atoms with Gasteiger partial charge in [-0.25, -0.2) is 0 Å². The molecule has 0 aliphatic rings. The fourth-order valence-electron chi connectivity index (χ4n) is 4.33. The second kappa shape index (κ2) is 14.3. The average Bonchev–Trinajstić information content (AvgIpc) is 3.00. The Kier molecular flexibility index (Phi) is 10.3. The number of pyridine rings is 2. The zero-order chi connectivity index (χ0) is 26.9. The molecule has 0 N–H and O–H groups in total. The van der Waals surface area contributed by atoms with E-state index in [1.807, 2.05) is 61.8 Å². The van der Waals surface area contributed by atoms with Crippen molar-refractivity contribution in [3.05, 3.63) is 168 Å². The van der Waals surface area contributed by atoms with Crippen molar-refractivity contribution in [2.75, 3.05) is 0 Å². The molecular formula is C37H30IrN2-2. The van der Waals surface area contributed by atoms with E-state index in [2.05, 4.69) is 103 Å². The van der Waals surface area contributed by atoms with Crippen LogP contribution in [0.1, 0.15) is 22.3 Å². The Morgan fingerprint density at radius 3 is 1.93 bits per heavy atom. The van der Waals surface area contributed by atoms with Crippen molar-refractivity contribution < 1.29 is 20.1 Å². The molecule has 0 fully saturated rings. The van der Waals surface area contributed by atoms with Crippen LogP contribution in [-0.2, 0) is 26.5 Å². The first-order valence-corrected chi connectivity index (χ1v) is 13.1. The van der Waals surface area contributed by atoms with Gasteiger partial charge in [-0.05, 0) is 47.0 Å². The molecule has 0 atom stereocenters. The minimum atomic E-state index is 0. The summed E-state index contributed by atoms with van der Waals surface area (Å²) in [5.74, 6) is 0. The first kappa shape index (κ1) is 28.8. The Balaban J connectivity index is 0.000000210. The summed E-state index contributed by atoms with van der Waals surface area (Å²) in [5, 5.41) is 0. The molecule has 0 amide bonds. The summed E-state index contributed by atoms with van der Waals surface area (Å²) >= 11 is 0. The molecule has 2 aromatic heterocycles. The van der Waals surface area contributed by atoms with Crippen LogP contribution in [0, 0.1) is 26.0 Å². The van der Waals surface area contributed by atoms with Crippen LogP contribution in [0.2, 0.25) is 0 Å². The van der Waals surface area contributed by atoms with Gasteiger partial charge >= 0.3 is 0 Å². The summed E-state index contributed by atoms with van der Waals surface area (Å²) < 4.78 is 0. The molecule has 0 unspecified atom stereocenters. The molecule has 0 spiro atoms. The van der Waals surface area contributed by atoms with Crippen molar-refractivity contribution >= 4 is 0 Å². The quantitative estimate of drug-likeness (QED) is 0.169. The molecule has 6 rings (SSSR count). The maximum atomic E-state index is 4.70. The molecule has 40 heavy (non-hydrogen) atoms. The van der Waals surface area contributed by atoms with E-state index in [4.69, 9.17) is 4.98 Å². The maximum Gasteiger partial charge on any atom is 0.0242 e. The first-order chi connectivity index (χ1) is 19.2. The van der Waals surface area contributed by atoms with Crippen LogP contribution >= 0.6 is 0 Å². The van der Waals surface area contributed by atoms with Crippen LogP contribution in [0.4, 0.5) is 0 Å². The van der Waals surface area contributed by atoms with Crippen molar-refractivity contribution in [3.8, 4) is 33.6 Å². The van der Waals surface area contributed by atoms with Crippen LogP contribution in [0.5, 0.6) is 0 Å². The Bertz CT molecular complexity index is 1550. The molecule has 1 radical (unpaired) electrons. The molecule has 6 aromatic rings. The van der Waals surface area contributed by atoms with Gasteiger partial charge in [-0.15, -0.1) is 71.3 Å². The smallest absolute Gasteiger partial charge is 0.0242 e. The van der Waals surface area contributed by atoms with E-state index < -0.39 is 0 Å². The van der Waals surface area contributed by atoms with Crippen LogP contribution in [0.3, 0.4) is 0 Å². The predicted octanol–water partition coefficient (Wildman–Crippen LogP) is 8.97. The number of aryl methyl sites for hydroxylation is 2. The molecule has 0 saturated heterocycles. The van der Waals surface area contributed by atoms with Crippen molar-refractivity contribution in [3.63, 3.8) is 0 Å². The first-order valence-electron chi connectivity index (χ1n) is 13.1. The summed E-state index contributed by atoms with van der Waals surface area (Å²) in [6, 6.07) is 47.9. The molecular weight excluding hydrogens is 665 g/mol. The van der Waals surface area contributed by atoms with Crippen LogP contribution in [-0.4, -0.2) is 9.97 Å². The summed E-state index contributed by atoms with van der Waals surface area (Å²) in [5.41, 5.74) is 11.4. The standard InChI is InChI=1S/C24H18N.C13H12N.Ir/c1-4-10-19(11-5-1)16-22-17-24(21-14-8-3-9-15-21)25-18-23(22)20-12-6-2-7-13-20;1-10-3-6-12(7-4-10)13-8-5-11(2)9-14-13;/h1-14,17-18H,16H2;3-6,8-9H,1-2H3;/q2*-1;. The topological polar surface area (TPSA) is 25.8 Å². The molecule has 199 valence electrons. The average molecular weight is 695 g/mol. The molecule has 0 aliphatic carbocycles. The summed E-state index contributed by atoms with van der Waals surface area (Å²) in [4.78, 5) is 9.04. The summed E-state index contributed by atoms with van der Waals surface area (Å²) in [6.45, 7) is 4.10. The van der Waals surface area contributed by atoms with E-state index in [1.54, 1.807) is 0 Å². The number of rotatable bonds is 5. The Morgan fingerprint density at radius 2 is 1.27 bits per heavy atom. The number of hydrogen-bond donors (Lipinski definition) is 0. The number of hydrogen-bond acceptors (Lipinski definition) is 2. The Labute approximate surface area is 251 Å². The van der Waals surface area contributed by atoms with E-state index in [9.17, 15) is 0 Å². The second-order valence-electron chi connectivity index (χ2n) is 9.53. The minimum Gasteiger partial charge on any atom is -0.304 e. The van der Waals surface area contributed by atoms with Crippen LogP contribution in [0.15, 0.2) is 134 Å². The number of benzene rings is 4. The third kappa shape index (κ3) is 7.70. The summed E-state index contributed by atoms with van der Waals surface area (Å²) in [6.07, 6.45) is 4.75. The number of nitrogens with zero attached hydrogens (tertiary/aromatic N) is 2. The SMILES string of the molecule is Cc1c[c-]c(-c2ccc(C)cn2)cc1.[Ir].[c-]1ccccc1-c1cc(Cc2ccccc2)c(-c2ccccc2)cn1. The van der Waals surface area contributed by atoms with E-state index in [0.29, 0.717) is 0 Å². The second-order valence-corrected chi connectivity index (χ2v) is 9.53. The van der Waals surface area contributed by atoms with Gasteiger partial charge in [-0.3, -0.25) is 0 Å². The van der Waals surface area contributed by atoms with Crippen LogP contribution in [0.25, 0.3) is 33.6 Å². The van der Waals surface area contributed by atoms with Gasteiger partial charge < -0.3 is 9.97 Å². The molecule has 2 nitrogen and oxygen atoms in total. The largest absolute Gasteiger partial charge is 0.304 e. The third-order valence-electron chi connectivity index (χ3n) is 6.45. The van der Waals surface area contributed by atoms with Gasteiger partial charge in [0.15, 0.2) is 0 Å². The van der Waals surface area contributed by atoms with Gasteiger partial charge in [0.25, 0.3) is 0 Å².